The molecule has 3 aliphatic rings. The molecule has 152 valence electrons. The van der Waals surface area contributed by atoms with Gasteiger partial charge < -0.3 is 16.6 Å². The standard InChI is InChI=1S/C24H28N2O2S/c1-14(2)13-19-20(25)21(29-22(19)26)17-5-3-15(4-6-17)16-7-9-18(10-8-16)24(11-12-24)23(27)28/h3,5,7,9,13H,4,6,8,10-12,25-26H2,1-2H3,(H,27,28). The summed E-state index contributed by atoms with van der Waals surface area (Å²) in [6.07, 6.45) is 15.9. The molecule has 0 radical (unpaired) electrons. The van der Waals surface area contributed by atoms with Crippen LogP contribution in [0.25, 0.3) is 11.6 Å². The summed E-state index contributed by atoms with van der Waals surface area (Å²) in [6, 6.07) is 0. The number of carboxylic acids is 1. The van der Waals surface area contributed by atoms with E-state index in [1.54, 1.807) is 11.3 Å². The van der Waals surface area contributed by atoms with Gasteiger partial charge in [-0.25, -0.2) is 0 Å². The Morgan fingerprint density at radius 1 is 1.00 bits per heavy atom. The van der Waals surface area contributed by atoms with E-state index >= 15 is 0 Å². The van der Waals surface area contributed by atoms with Crippen molar-refractivity contribution in [2.75, 3.05) is 11.5 Å². The first-order chi connectivity index (χ1) is 13.8. The number of nitrogen functional groups attached to an aromatic ring is 2. The summed E-state index contributed by atoms with van der Waals surface area (Å²) in [5, 5.41) is 10.3. The molecule has 4 nitrogen and oxygen atoms in total. The lowest BCUT2D eigenvalue weighted by atomic mass is 9.82. The van der Waals surface area contributed by atoms with Gasteiger partial charge in [0, 0.05) is 5.56 Å². The number of carboxylic acid groups (broad SMARTS) is 1. The highest BCUT2D eigenvalue weighted by atomic mass is 32.1. The van der Waals surface area contributed by atoms with Crippen molar-refractivity contribution in [2.24, 2.45) is 5.41 Å². The molecule has 0 aliphatic heterocycles. The molecule has 29 heavy (non-hydrogen) atoms. The first-order valence-corrected chi connectivity index (χ1v) is 11.0. The van der Waals surface area contributed by atoms with Crippen LogP contribution in [0, 0.1) is 5.41 Å². The highest BCUT2D eigenvalue weighted by molar-refractivity contribution is 7.17. The minimum atomic E-state index is -0.662. The second-order valence-corrected chi connectivity index (χ2v) is 9.55. The molecule has 1 aromatic heterocycles. The van der Waals surface area contributed by atoms with Gasteiger partial charge >= 0.3 is 5.97 Å². The van der Waals surface area contributed by atoms with E-state index in [2.05, 4.69) is 30.4 Å². The van der Waals surface area contributed by atoms with Gasteiger partial charge in [0.25, 0.3) is 0 Å². The summed E-state index contributed by atoms with van der Waals surface area (Å²) in [7, 11) is 0. The van der Waals surface area contributed by atoms with E-state index in [1.807, 2.05) is 13.8 Å². The Kier molecular flexibility index (Phi) is 5.03. The van der Waals surface area contributed by atoms with Gasteiger partial charge in [-0.1, -0.05) is 41.5 Å². The fourth-order valence-corrected chi connectivity index (χ4v) is 5.37. The number of hydrogen-bond acceptors (Lipinski definition) is 4. The number of carbonyl (C=O) groups is 1. The quantitative estimate of drug-likeness (QED) is 0.561. The number of nitrogens with two attached hydrogens (primary N) is 2. The first-order valence-electron chi connectivity index (χ1n) is 10.2. The molecule has 4 rings (SSSR count). The van der Waals surface area contributed by atoms with Crippen LogP contribution < -0.4 is 11.5 Å². The number of hydrogen-bond donors (Lipinski definition) is 3. The third-order valence-corrected chi connectivity index (χ3v) is 7.35. The van der Waals surface area contributed by atoms with Crippen LogP contribution in [-0.4, -0.2) is 11.1 Å². The molecule has 0 spiro atoms. The number of thiophene rings is 1. The van der Waals surface area contributed by atoms with Crippen molar-refractivity contribution in [3.8, 4) is 0 Å². The van der Waals surface area contributed by atoms with E-state index in [0.29, 0.717) is 0 Å². The van der Waals surface area contributed by atoms with Crippen molar-refractivity contribution < 1.29 is 9.90 Å². The number of aliphatic carboxylic acids is 1. The maximum Gasteiger partial charge on any atom is 0.313 e. The number of allylic oxidation sites excluding steroid dienone is 8. The van der Waals surface area contributed by atoms with E-state index < -0.39 is 11.4 Å². The molecule has 0 atom stereocenters. The maximum atomic E-state index is 11.5. The Hall–Kier alpha value is -2.53. The molecule has 5 heteroatoms. The number of anilines is 2. The van der Waals surface area contributed by atoms with Crippen LogP contribution in [-0.2, 0) is 4.79 Å². The zero-order valence-electron chi connectivity index (χ0n) is 17.0. The molecular formula is C24H28N2O2S. The van der Waals surface area contributed by atoms with Crippen molar-refractivity contribution in [2.45, 2.75) is 52.4 Å². The van der Waals surface area contributed by atoms with E-state index in [0.717, 1.165) is 65.2 Å². The van der Waals surface area contributed by atoms with Gasteiger partial charge in [0.2, 0.25) is 0 Å². The Bertz CT molecular complexity index is 1030. The lowest BCUT2D eigenvalue weighted by molar-refractivity contribution is -0.141. The lowest BCUT2D eigenvalue weighted by Crippen LogP contribution is -2.18. The van der Waals surface area contributed by atoms with Gasteiger partial charge in [-0.05, 0) is 69.1 Å². The van der Waals surface area contributed by atoms with Crippen molar-refractivity contribution in [1.29, 1.82) is 0 Å². The predicted molar refractivity (Wildman–Crippen MR) is 122 cm³/mol. The molecule has 5 N–H and O–H groups in total. The van der Waals surface area contributed by atoms with Gasteiger partial charge in [0.05, 0.1) is 21.0 Å². The van der Waals surface area contributed by atoms with Crippen LogP contribution in [0.3, 0.4) is 0 Å². The van der Waals surface area contributed by atoms with Crippen LogP contribution in [0.1, 0.15) is 62.8 Å². The van der Waals surface area contributed by atoms with E-state index in [9.17, 15) is 9.90 Å². The number of rotatable bonds is 5. The molecule has 0 unspecified atom stereocenters. The average molecular weight is 409 g/mol. The normalized spacial score (nSPS) is 20.2. The molecule has 0 amide bonds. The lowest BCUT2D eigenvalue weighted by Gasteiger charge is -2.22. The van der Waals surface area contributed by atoms with Crippen LogP contribution in [0.2, 0.25) is 0 Å². The van der Waals surface area contributed by atoms with Crippen LogP contribution in [0.15, 0.2) is 46.6 Å². The first kappa shape index (κ1) is 19.8. The molecule has 0 aromatic carbocycles. The van der Waals surface area contributed by atoms with Crippen LogP contribution in [0.5, 0.6) is 0 Å². The molecule has 0 bridgehead atoms. The van der Waals surface area contributed by atoms with Gasteiger partial charge in [-0.2, -0.15) is 0 Å². The second-order valence-electron chi connectivity index (χ2n) is 8.50. The Labute approximate surface area is 176 Å². The zero-order chi connectivity index (χ0) is 20.8. The van der Waals surface area contributed by atoms with Gasteiger partial charge in [0.1, 0.15) is 0 Å². The topological polar surface area (TPSA) is 89.3 Å². The summed E-state index contributed by atoms with van der Waals surface area (Å²) in [5.74, 6) is -0.662. The summed E-state index contributed by atoms with van der Waals surface area (Å²) in [5.41, 5.74) is 20.0. The Balaban J connectivity index is 1.56. The summed E-state index contributed by atoms with van der Waals surface area (Å²) in [4.78, 5) is 12.6. The third kappa shape index (κ3) is 3.60. The van der Waals surface area contributed by atoms with Crippen LogP contribution >= 0.6 is 11.3 Å². The zero-order valence-corrected chi connectivity index (χ0v) is 17.9. The Morgan fingerprint density at radius 2 is 1.59 bits per heavy atom. The molecule has 1 heterocycles. The highest BCUT2D eigenvalue weighted by Gasteiger charge is 2.52. The summed E-state index contributed by atoms with van der Waals surface area (Å²) in [6.45, 7) is 4.09. The highest BCUT2D eigenvalue weighted by Crippen LogP contribution is 2.55. The minimum absolute atomic E-state index is 0.560. The summed E-state index contributed by atoms with van der Waals surface area (Å²) >= 11 is 1.57. The largest absolute Gasteiger partial charge is 0.481 e. The maximum absolute atomic E-state index is 11.5. The van der Waals surface area contributed by atoms with Gasteiger partial charge in [-0.3, -0.25) is 4.79 Å². The van der Waals surface area contributed by atoms with Gasteiger partial charge in [-0.15, -0.1) is 11.3 Å². The SMILES string of the molecule is CC(C)=Cc1c(N)sc(C2=CC=C(C3=CC=C(C4(C(=O)O)CC4)CC3)CC2)c1N. The molecule has 1 aromatic rings. The predicted octanol–water partition coefficient (Wildman–Crippen LogP) is 5.95. The van der Waals surface area contributed by atoms with E-state index in [-0.39, 0.29) is 0 Å². The molecule has 0 saturated heterocycles. The van der Waals surface area contributed by atoms with Crippen LogP contribution in [0.4, 0.5) is 10.7 Å². The fraction of sp³-hybridized carbons (Fsp3) is 0.375. The monoisotopic (exact) mass is 408 g/mol. The molecular weight excluding hydrogens is 380 g/mol. The smallest absolute Gasteiger partial charge is 0.313 e. The summed E-state index contributed by atoms with van der Waals surface area (Å²) < 4.78 is 0. The molecule has 1 saturated carbocycles. The van der Waals surface area contributed by atoms with Crippen molar-refractivity contribution in [1.82, 2.24) is 0 Å². The van der Waals surface area contributed by atoms with Gasteiger partial charge in [0.15, 0.2) is 0 Å². The van der Waals surface area contributed by atoms with Crippen molar-refractivity contribution in [3.05, 3.63) is 57.0 Å². The molecule has 1 fully saturated rings. The second kappa shape index (κ2) is 7.38. The third-order valence-electron chi connectivity index (χ3n) is 6.22. The van der Waals surface area contributed by atoms with Crippen molar-refractivity contribution in [3.63, 3.8) is 0 Å². The fourth-order valence-electron chi connectivity index (χ4n) is 4.35. The molecule has 3 aliphatic carbocycles. The average Bonchev–Trinajstić information content (AvgIpc) is 3.47. The minimum Gasteiger partial charge on any atom is -0.481 e. The van der Waals surface area contributed by atoms with E-state index in [4.69, 9.17) is 11.5 Å². The van der Waals surface area contributed by atoms with Crippen molar-refractivity contribution >= 4 is 39.6 Å². The van der Waals surface area contributed by atoms with E-state index in [1.165, 1.54) is 22.3 Å². The Morgan fingerprint density at radius 3 is 2.07 bits per heavy atom.